The maximum atomic E-state index is 14.2. The van der Waals surface area contributed by atoms with Gasteiger partial charge in [-0.05, 0) is 40.1 Å². The molecule has 0 radical (unpaired) electrons. The fourth-order valence-electron chi connectivity index (χ4n) is 4.99. The van der Waals surface area contributed by atoms with Gasteiger partial charge in [0.05, 0.1) is 17.9 Å². The Hall–Kier alpha value is -1.92. The first-order valence-electron chi connectivity index (χ1n) is 11.7. The minimum Gasteiger partial charge on any atom is -0.382 e. The Morgan fingerprint density at radius 1 is 1.32 bits per heavy atom. The molecular weight excluding hydrogens is 446 g/mol. The van der Waals surface area contributed by atoms with Crippen molar-refractivity contribution in [1.82, 2.24) is 24.4 Å². The predicted octanol–water partition coefficient (Wildman–Crippen LogP) is 2.57. The molecule has 0 aliphatic carbocycles. The first-order valence-corrected chi connectivity index (χ1v) is 11.7. The van der Waals surface area contributed by atoms with E-state index in [9.17, 15) is 8.78 Å². The number of methoxy groups -OCH3 is 1. The van der Waals surface area contributed by atoms with Crippen LogP contribution in [0.2, 0.25) is 0 Å². The number of rotatable bonds is 8. The average molecular weight is 483 g/mol. The SMILES string of the molecule is COC(C)(C)O[C@@H]1C[C@@H](CN2CCC(F)(F)C[C@H]2CN(C)C)O[C@H]1c1ccc2c(N)ncnn12. The van der Waals surface area contributed by atoms with Crippen LogP contribution in [0, 0.1) is 0 Å². The lowest BCUT2D eigenvalue weighted by Gasteiger charge is -2.41. The van der Waals surface area contributed by atoms with Gasteiger partial charge in [0.1, 0.15) is 17.9 Å². The highest BCUT2D eigenvalue weighted by atomic mass is 19.3. The van der Waals surface area contributed by atoms with Crippen LogP contribution in [0.1, 0.15) is 44.9 Å². The van der Waals surface area contributed by atoms with Gasteiger partial charge < -0.3 is 24.8 Å². The van der Waals surface area contributed by atoms with E-state index in [0.29, 0.717) is 37.4 Å². The third-order valence-corrected chi connectivity index (χ3v) is 6.73. The summed E-state index contributed by atoms with van der Waals surface area (Å²) in [6.07, 6.45) is 0.812. The van der Waals surface area contributed by atoms with Crippen LogP contribution in [0.5, 0.6) is 0 Å². The second-order valence-electron chi connectivity index (χ2n) is 10.1. The van der Waals surface area contributed by atoms with Crippen molar-refractivity contribution in [3.05, 3.63) is 24.2 Å². The summed E-state index contributed by atoms with van der Waals surface area (Å²) in [7, 11) is 5.42. The van der Waals surface area contributed by atoms with Gasteiger partial charge in [-0.1, -0.05) is 0 Å². The first kappa shape index (κ1) is 25.2. The van der Waals surface area contributed by atoms with Crippen molar-refractivity contribution in [3.8, 4) is 0 Å². The molecule has 11 heteroatoms. The van der Waals surface area contributed by atoms with Crippen molar-refractivity contribution in [2.45, 2.75) is 69.2 Å². The van der Waals surface area contributed by atoms with E-state index in [2.05, 4.69) is 15.0 Å². The zero-order valence-corrected chi connectivity index (χ0v) is 20.6. The first-order chi connectivity index (χ1) is 16.0. The normalized spacial score (nSPS) is 28.2. The van der Waals surface area contributed by atoms with Gasteiger partial charge in [-0.2, -0.15) is 5.10 Å². The van der Waals surface area contributed by atoms with E-state index >= 15 is 0 Å². The lowest BCUT2D eigenvalue weighted by molar-refractivity contribution is -0.231. The lowest BCUT2D eigenvalue weighted by atomic mass is 9.97. The van der Waals surface area contributed by atoms with E-state index in [1.165, 1.54) is 6.33 Å². The van der Waals surface area contributed by atoms with E-state index in [1.54, 1.807) is 11.6 Å². The molecule has 9 nitrogen and oxygen atoms in total. The van der Waals surface area contributed by atoms with Crippen molar-refractivity contribution in [2.24, 2.45) is 0 Å². The number of ether oxygens (including phenoxy) is 3. The summed E-state index contributed by atoms with van der Waals surface area (Å²) in [5.74, 6) is -3.07. The third kappa shape index (κ3) is 5.49. The summed E-state index contributed by atoms with van der Waals surface area (Å²) < 4.78 is 48.4. The second-order valence-corrected chi connectivity index (χ2v) is 10.1. The highest BCUT2D eigenvalue weighted by Crippen LogP contribution is 2.40. The van der Waals surface area contributed by atoms with Crippen LogP contribution in [0.3, 0.4) is 0 Å². The maximum absolute atomic E-state index is 14.2. The number of nitrogens with two attached hydrogens (primary N) is 1. The number of aromatic nitrogens is 3. The molecule has 0 amide bonds. The zero-order chi connectivity index (χ0) is 24.7. The number of anilines is 1. The van der Waals surface area contributed by atoms with E-state index in [-0.39, 0.29) is 31.1 Å². The molecule has 2 aliphatic heterocycles. The Kier molecular flexibility index (Phi) is 7.12. The molecule has 190 valence electrons. The van der Waals surface area contributed by atoms with Crippen molar-refractivity contribution >= 4 is 11.3 Å². The molecule has 34 heavy (non-hydrogen) atoms. The van der Waals surface area contributed by atoms with E-state index in [1.807, 2.05) is 45.0 Å². The summed E-state index contributed by atoms with van der Waals surface area (Å²) in [6.45, 7) is 5.17. The molecular formula is C23H36F2N6O3. The lowest BCUT2D eigenvalue weighted by Crippen LogP contribution is -2.53. The van der Waals surface area contributed by atoms with Gasteiger partial charge in [-0.15, -0.1) is 0 Å². The second kappa shape index (κ2) is 9.62. The van der Waals surface area contributed by atoms with Crippen molar-refractivity contribution < 1.29 is 23.0 Å². The zero-order valence-electron chi connectivity index (χ0n) is 20.6. The molecule has 2 aromatic heterocycles. The van der Waals surface area contributed by atoms with Crippen molar-refractivity contribution in [1.29, 1.82) is 0 Å². The maximum Gasteiger partial charge on any atom is 0.250 e. The number of halogens is 2. The number of nitrogen functional groups attached to an aromatic ring is 1. The molecule has 2 N–H and O–H groups in total. The smallest absolute Gasteiger partial charge is 0.250 e. The Labute approximate surface area is 199 Å². The Balaban J connectivity index is 1.57. The van der Waals surface area contributed by atoms with Crippen LogP contribution >= 0.6 is 0 Å². The molecule has 2 aliphatic rings. The van der Waals surface area contributed by atoms with Gasteiger partial charge in [-0.3, -0.25) is 4.90 Å². The van der Waals surface area contributed by atoms with Crippen LogP contribution < -0.4 is 5.73 Å². The number of fused-ring (bicyclic) bond motifs is 1. The highest BCUT2D eigenvalue weighted by Gasteiger charge is 2.45. The van der Waals surface area contributed by atoms with E-state index in [4.69, 9.17) is 19.9 Å². The fourth-order valence-corrected chi connectivity index (χ4v) is 4.99. The highest BCUT2D eigenvalue weighted by molar-refractivity contribution is 5.65. The molecule has 0 aromatic carbocycles. The molecule has 2 aromatic rings. The number of piperidine rings is 1. The summed E-state index contributed by atoms with van der Waals surface area (Å²) in [5.41, 5.74) is 7.52. The van der Waals surface area contributed by atoms with Crippen molar-refractivity contribution in [3.63, 3.8) is 0 Å². The average Bonchev–Trinajstić information content (AvgIpc) is 3.33. The summed E-state index contributed by atoms with van der Waals surface area (Å²) >= 11 is 0. The summed E-state index contributed by atoms with van der Waals surface area (Å²) in [6, 6.07) is 3.54. The number of hydrogen-bond acceptors (Lipinski definition) is 8. The molecule has 0 spiro atoms. The largest absolute Gasteiger partial charge is 0.382 e. The van der Waals surface area contributed by atoms with Crippen LogP contribution in [0.25, 0.3) is 5.52 Å². The Morgan fingerprint density at radius 3 is 2.79 bits per heavy atom. The van der Waals surface area contributed by atoms with Gasteiger partial charge in [-0.25, -0.2) is 18.3 Å². The van der Waals surface area contributed by atoms with Gasteiger partial charge >= 0.3 is 0 Å². The summed E-state index contributed by atoms with van der Waals surface area (Å²) in [5, 5.41) is 4.36. The minimum absolute atomic E-state index is 0.136. The predicted molar refractivity (Wildman–Crippen MR) is 124 cm³/mol. The molecule has 2 fully saturated rings. The molecule has 4 atom stereocenters. The monoisotopic (exact) mass is 482 g/mol. The topological polar surface area (TPSA) is 90.4 Å². The van der Waals surface area contributed by atoms with Gasteiger partial charge in [0, 0.05) is 52.0 Å². The van der Waals surface area contributed by atoms with Crippen LogP contribution in [0.15, 0.2) is 18.5 Å². The Bertz CT molecular complexity index is 985. The van der Waals surface area contributed by atoms with Crippen LogP contribution in [0.4, 0.5) is 14.6 Å². The van der Waals surface area contributed by atoms with Gasteiger partial charge in [0.15, 0.2) is 11.6 Å². The third-order valence-electron chi connectivity index (χ3n) is 6.73. The Morgan fingerprint density at radius 2 is 2.09 bits per heavy atom. The van der Waals surface area contributed by atoms with Crippen molar-refractivity contribution in [2.75, 3.05) is 46.6 Å². The molecule has 0 unspecified atom stereocenters. The number of likely N-dealkylation sites (N-methyl/N-ethyl adjacent to an activating group) is 1. The molecule has 4 heterocycles. The fraction of sp³-hybridized carbons (Fsp3) is 0.739. The molecule has 0 saturated carbocycles. The van der Waals surface area contributed by atoms with Gasteiger partial charge in [0.25, 0.3) is 5.92 Å². The number of likely N-dealkylation sites (tertiary alicyclic amines) is 1. The van der Waals surface area contributed by atoms with Gasteiger partial charge in [0.2, 0.25) is 0 Å². The molecule has 4 rings (SSSR count). The standard InChI is InChI=1S/C23H36F2N6O3/c1-22(2,32-5)34-19-10-16(13-30-9-8-23(24,25)11-15(30)12-29(3)4)33-20(19)17-6-7-18-21(26)27-14-28-31(17)18/h6-7,14-16,19-20H,8-13H2,1-5H3,(H2,26,27,28)/t15-,16-,19+,20-/m0/s1. The van der Waals surface area contributed by atoms with Crippen LogP contribution in [-0.2, 0) is 14.2 Å². The van der Waals surface area contributed by atoms with E-state index in [0.717, 1.165) is 5.69 Å². The number of alkyl halides is 2. The summed E-state index contributed by atoms with van der Waals surface area (Å²) in [4.78, 5) is 8.15. The minimum atomic E-state index is -2.63. The van der Waals surface area contributed by atoms with Crippen LogP contribution in [-0.4, -0.2) is 95.2 Å². The molecule has 0 bridgehead atoms. The number of nitrogens with zero attached hydrogens (tertiary/aromatic N) is 5. The van der Waals surface area contributed by atoms with E-state index < -0.39 is 17.8 Å². The number of hydrogen-bond donors (Lipinski definition) is 1. The molecule has 2 saturated heterocycles. The quantitative estimate of drug-likeness (QED) is 0.575.